The predicted molar refractivity (Wildman–Crippen MR) is 99.6 cm³/mol. The Bertz CT molecular complexity index is 1210. The van der Waals surface area contributed by atoms with E-state index < -0.39 is 5.69 Å². The summed E-state index contributed by atoms with van der Waals surface area (Å²) in [5.41, 5.74) is 2.26. The molecular weight excluding hydrogens is 354 g/mol. The van der Waals surface area contributed by atoms with Crippen LogP contribution in [-0.2, 0) is 11.3 Å². The van der Waals surface area contributed by atoms with E-state index in [0.29, 0.717) is 16.4 Å². The van der Waals surface area contributed by atoms with Crippen molar-refractivity contribution in [3.63, 3.8) is 0 Å². The Hall–Kier alpha value is -3.19. The number of hydrogen-bond acceptors (Lipinski definition) is 4. The maximum Gasteiger partial charge on any atom is 0.352 e. The van der Waals surface area contributed by atoms with Crippen molar-refractivity contribution in [2.24, 2.45) is 0 Å². The van der Waals surface area contributed by atoms with Gasteiger partial charge in [-0.05, 0) is 36.8 Å². The minimum atomic E-state index is -0.420. The molecule has 26 heavy (non-hydrogen) atoms. The Labute approximate surface area is 152 Å². The summed E-state index contributed by atoms with van der Waals surface area (Å²) in [6, 6.07) is 12.6. The van der Waals surface area contributed by atoms with Crippen molar-refractivity contribution in [3.05, 3.63) is 69.9 Å². The molecule has 0 saturated carbocycles. The second kappa shape index (κ2) is 6.27. The first kappa shape index (κ1) is 16.3. The summed E-state index contributed by atoms with van der Waals surface area (Å²) in [5, 5.41) is 8.33. The molecule has 4 rings (SSSR count). The lowest BCUT2D eigenvalue weighted by Gasteiger charge is -2.08. The lowest BCUT2D eigenvalue weighted by atomic mass is 10.2. The monoisotopic (exact) mass is 367 g/mol. The van der Waals surface area contributed by atoms with Crippen LogP contribution in [-0.4, -0.2) is 25.1 Å². The fraction of sp³-hybridized carbons (Fsp3) is 0.111. The van der Waals surface area contributed by atoms with Crippen molar-refractivity contribution in [1.82, 2.24) is 19.2 Å². The number of anilines is 1. The molecule has 1 N–H and O–H groups in total. The third-order valence-corrected chi connectivity index (χ3v) is 4.33. The van der Waals surface area contributed by atoms with E-state index in [4.69, 9.17) is 11.6 Å². The highest BCUT2D eigenvalue weighted by Crippen LogP contribution is 2.20. The van der Waals surface area contributed by atoms with Crippen LogP contribution in [0.3, 0.4) is 0 Å². The van der Waals surface area contributed by atoms with Gasteiger partial charge < -0.3 is 5.32 Å². The zero-order chi connectivity index (χ0) is 18.3. The number of nitrogens with zero attached hydrogens (tertiary/aromatic N) is 4. The molecule has 0 spiro atoms. The summed E-state index contributed by atoms with van der Waals surface area (Å²) < 4.78 is 2.46. The van der Waals surface area contributed by atoms with Gasteiger partial charge in [0.2, 0.25) is 5.91 Å². The summed E-state index contributed by atoms with van der Waals surface area (Å²) in [6.07, 6.45) is 1.42. The lowest BCUT2D eigenvalue weighted by molar-refractivity contribution is -0.117. The summed E-state index contributed by atoms with van der Waals surface area (Å²) in [7, 11) is 0. The number of carbonyl (C=O) groups excluding carboxylic acids is 1. The third-order valence-electron chi connectivity index (χ3n) is 4.09. The molecule has 0 fully saturated rings. The number of aromatic nitrogens is 4. The molecule has 0 aliphatic rings. The van der Waals surface area contributed by atoms with Crippen LogP contribution < -0.4 is 11.0 Å². The van der Waals surface area contributed by atoms with Crippen molar-refractivity contribution < 1.29 is 4.79 Å². The first-order valence-corrected chi connectivity index (χ1v) is 8.29. The Morgan fingerprint density at radius 2 is 2.04 bits per heavy atom. The van der Waals surface area contributed by atoms with Crippen LogP contribution in [0.4, 0.5) is 5.69 Å². The number of aryl methyl sites for hydroxylation is 1. The van der Waals surface area contributed by atoms with E-state index in [1.807, 2.05) is 37.3 Å². The van der Waals surface area contributed by atoms with Gasteiger partial charge in [0.25, 0.3) is 0 Å². The van der Waals surface area contributed by atoms with E-state index in [1.165, 1.54) is 10.7 Å². The Balaban J connectivity index is 1.68. The molecule has 2 aromatic heterocycles. The minimum absolute atomic E-state index is 0.208. The molecule has 8 heteroatoms. The molecule has 0 bridgehead atoms. The van der Waals surface area contributed by atoms with E-state index in [2.05, 4.69) is 15.4 Å². The molecule has 0 aliphatic carbocycles. The molecule has 4 aromatic rings. The van der Waals surface area contributed by atoms with Gasteiger partial charge >= 0.3 is 5.69 Å². The molecule has 7 nitrogen and oxygen atoms in total. The molecule has 1 amide bonds. The molecule has 2 heterocycles. The van der Waals surface area contributed by atoms with E-state index in [0.717, 1.165) is 21.1 Å². The van der Waals surface area contributed by atoms with Gasteiger partial charge in [-0.3, -0.25) is 4.79 Å². The van der Waals surface area contributed by atoms with E-state index >= 15 is 0 Å². The highest BCUT2D eigenvalue weighted by atomic mass is 35.5. The predicted octanol–water partition coefficient (Wildman–Crippen LogP) is 2.64. The number of rotatable bonds is 3. The molecule has 0 unspecified atom stereocenters. The van der Waals surface area contributed by atoms with Crippen LogP contribution in [0.25, 0.3) is 16.6 Å². The number of para-hydroxylation sites is 1. The largest absolute Gasteiger partial charge is 0.352 e. The third kappa shape index (κ3) is 2.82. The number of amides is 1. The van der Waals surface area contributed by atoms with Crippen LogP contribution >= 0.6 is 11.6 Å². The average molecular weight is 368 g/mol. The minimum Gasteiger partial charge on any atom is -0.324 e. The topological polar surface area (TPSA) is 81.3 Å². The molecule has 0 atom stereocenters. The fourth-order valence-corrected chi connectivity index (χ4v) is 2.93. The molecular formula is C18H14ClN5O2. The van der Waals surface area contributed by atoms with Gasteiger partial charge in [-0.25, -0.2) is 18.9 Å². The van der Waals surface area contributed by atoms with Gasteiger partial charge in [-0.1, -0.05) is 29.8 Å². The average Bonchev–Trinajstić information content (AvgIpc) is 2.94. The maximum absolute atomic E-state index is 12.5. The maximum atomic E-state index is 12.5. The van der Waals surface area contributed by atoms with Crippen molar-refractivity contribution in [1.29, 1.82) is 0 Å². The first-order valence-electron chi connectivity index (χ1n) is 7.92. The summed E-state index contributed by atoms with van der Waals surface area (Å²) in [6.45, 7) is 1.65. The molecule has 130 valence electrons. The number of carbonyl (C=O) groups is 1. The summed E-state index contributed by atoms with van der Waals surface area (Å²) >= 11 is 5.97. The van der Waals surface area contributed by atoms with Crippen LogP contribution in [0, 0.1) is 6.92 Å². The van der Waals surface area contributed by atoms with Gasteiger partial charge in [0.05, 0.1) is 5.52 Å². The molecule has 0 aliphatic heterocycles. The van der Waals surface area contributed by atoms with Crippen LogP contribution in [0.5, 0.6) is 0 Å². The molecule has 2 aromatic carbocycles. The highest BCUT2D eigenvalue weighted by Gasteiger charge is 2.14. The van der Waals surface area contributed by atoms with Crippen LogP contribution in [0.15, 0.2) is 53.6 Å². The van der Waals surface area contributed by atoms with E-state index in [1.54, 1.807) is 12.1 Å². The Morgan fingerprint density at radius 3 is 2.88 bits per heavy atom. The molecule has 0 saturated heterocycles. The SMILES string of the molecule is Cc1ccc(Cl)cc1NC(=O)Cn1nc2c3ccccc3ncn2c1=O. The van der Waals surface area contributed by atoms with Gasteiger partial charge in [-0.2, -0.15) is 0 Å². The second-order valence-electron chi connectivity index (χ2n) is 5.90. The van der Waals surface area contributed by atoms with E-state index in [-0.39, 0.29) is 12.5 Å². The highest BCUT2D eigenvalue weighted by molar-refractivity contribution is 6.31. The van der Waals surface area contributed by atoms with Crippen molar-refractivity contribution in [2.75, 3.05) is 5.32 Å². The number of nitrogens with one attached hydrogen (secondary N) is 1. The Kier molecular flexibility index (Phi) is 3.93. The van der Waals surface area contributed by atoms with Crippen molar-refractivity contribution in [3.8, 4) is 0 Å². The lowest BCUT2D eigenvalue weighted by Crippen LogP contribution is -2.28. The number of halogens is 1. The zero-order valence-corrected chi connectivity index (χ0v) is 14.6. The van der Waals surface area contributed by atoms with Crippen molar-refractivity contribution in [2.45, 2.75) is 13.5 Å². The van der Waals surface area contributed by atoms with Crippen LogP contribution in [0.2, 0.25) is 5.02 Å². The smallest absolute Gasteiger partial charge is 0.324 e. The van der Waals surface area contributed by atoms with Crippen molar-refractivity contribution >= 4 is 39.7 Å². The van der Waals surface area contributed by atoms with Gasteiger partial charge in [0, 0.05) is 16.1 Å². The second-order valence-corrected chi connectivity index (χ2v) is 6.34. The first-order chi connectivity index (χ1) is 12.5. The van der Waals surface area contributed by atoms with Crippen LogP contribution in [0.1, 0.15) is 5.56 Å². The van der Waals surface area contributed by atoms with Gasteiger partial charge in [0.15, 0.2) is 5.65 Å². The quantitative estimate of drug-likeness (QED) is 0.603. The number of hydrogen-bond donors (Lipinski definition) is 1. The fourth-order valence-electron chi connectivity index (χ4n) is 2.76. The standard InChI is InChI=1S/C18H14ClN5O2/c1-11-6-7-12(19)8-15(11)21-16(25)9-24-18(26)23-10-20-14-5-3-2-4-13(14)17(23)22-24/h2-8,10H,9H2,1H3,(H,21,25). The Morgan fingerprint density at radius 1 is 1.23 bits per heavy atom. The summed E-state index contributed by atoms with van der Waals surface area (Å²) in [4.78, 5) is 29.1. The number of fused-ring (bicyclic) bond motifs is 3. The normalized spacial score (nSPS) is 11.2. The summed E-state index contributed by atoms with van der Waals surface area (Å²) in [5.74, 6) is -0.363. The van der Waals surface area contributed by atoms with Gasteiger partial charge in [-0.15, -0.1) is 5.10 Å². The van der Waals surface area contributed by atoms with E-state index in [9.17, 15) is 9.59 Å². The zero-order valence-electron chi connectivity index (χ0n) is 13.8. The number of benzene rings is 2. The van der Waals surface area contributed by atoms with Gasteiger partial charge in [0.1, 0.15) is 12.9 Å². The molecule has 0 radical (unpaired) electrons.